The minimum Gasteiger partial charge on any atom is -0.361 e. The van der Waals surface area contributed by atoms with Gasteiger partial charge < -0.3 is 4.98 Å². The summed E-state index contributed by atoms with van der Waals surface area (Å²) in [5, 5.41) is 2.49. The number of aromatic nitrogens is 2. The standard InChI is InChI=1S/C11H8N2.Na/c1-2-8-3-4-10-9(5-7-12-10)11(8)13-6-1;/h1-7,12H;/p+1. The Hall–Kier alpha value is -0.830. The van der Waals surface area contributed by atoms with Crippen LogP contribution in [0.25, 0.3) is 21.8 Å². The van der Waals surface area contributed by atoms with E-state index < -0.39 is 0 Å². The van der Waals surface area contributed by atoms with Crippen LogP contribution in [-0.2, 0) is 0 Å². The van der Waals surface area contributed by atoms with Gasteiger partial charge >= 0.3 is 0 Å². The third kappa shape index (κ3) is 1.36. The summed E-state index contributed by atoms with van der Waals surface area (Å²) in [6.45, 7) is 0. The number of rotatable bonds is 0. The first-order valence-corrected chi connectivity index (χ1v) is 4.32. The molecule has 0 fully saturated rings. The fraction of sp³-hybridized carbons (Fsp3) is 0. The van der Waals surface area contributed by atoms with Gasteiger partial charge in [-0.3, -0.25) is 0 Å². The van der Waals surface area contributed by atoms with E-state index in [0.29, 0.717) is 0 Å². The van der Waals surface area contributed by atoms with Gasteiger partial charge in [-0.1, -0.05) is 0 Å². The number of fused-ring (bicyclic) bond motifs is 3. The molecule has 0 saturated carbocycles. The number of hydrogen-bond donors (Lipinski definition) is 1. The van der Waals surface area contributed by atoms with Gasteiger partial charge in [-0.25, -0.2) is 4.98 Å². The normalized spacial score (nSPS) is 10.3. The zero-order valence-electron chi connectivity index (χ0n) is 8.04. The largest absolute Gasteiger partial charge is 0.361 e. The molecule has 0 spiro atoms. The Morgan fingerprint density at radius 2 is 2.00 bits per heavy atom. The van der Waals surface area contributed by atoms with Crippen LogP contribution in [0.3, 0.4) is 0 Å². The van der Waals surface area contributed by atoms with Crippen molar-refractivity contribution in [1.82, 2.24) is 4.98 Å². The zero-order valence-corrected chi connectivity index (χ0v) is 10.0. The van der Waals surface area contributed by atoms with Crippen LogP contribution in [0.5, 0.6) is 0 Å². The Bertz CT molecular complexity index is 571. The van der Waals surface area contributed by atoms with Crippen LogP contribution < -0.4 is 4.98 Å². The van der Waals surface area contributed by atoms with Crippen molar-refractivity contribution >= 4 is 51.4 Å². The molecule has 2 aromatic heterocycles. The van der Waals surface area contributed by atoms with E-state index in [1.807, 2.05) is 18.5 Å². The molecule has 0 bridgehead atoms. The van der Waals surface area contributed by atoms with Gasteiger partial charge in [0, 0.05) is 47.2 Å². The van der Waals surface area contributed by atoms with E-state index in [2.05, 4.69) is 34.2 Å². The van der Waals surface area contributed by atoms with Crippen molar-refractivity contribution in [2.45, 2.75) is 0 Å². The minimum absolute atomic E-state index is 0. The number of hydrogen-bond acceptors (Lipinski definition) is 0. The predicted octanol–water partition coefficient (Wildman–Crippen LogP) is 1.75. The molecule has 0 atom stereocenters. The van der Waals surface area contributed by atoms with Crippen molar-refractivity contribution in [2.75, 3.05) is 0 Å². The summed E-state index contributed by atoms with van der Waals surface area (Å²) in [7, 11) is 0. The molecule has 0 aliphatic carbocycles. The van der Waals surface area contributed by atoms with E-state index in [4.69, 9.17) is 0 Å². The summed E-state index contributed by atoms with van der Waals surface area (Å²) in [5.41, 5.74) is 2.37. The molecular formula is C11H9N2Na+. The molecule has 3 rings (SSSR count). The second-order valence-corrected chi connectivity index (χ2v) is 3.14. The molecule has 2 N–H and O–H groups in total. The molecule has 3 heteroatoms. The average Bonchev–Trinajstić information content (AvgIpc) is 2.65. The first kappa shape index (κ1) is 9.71. The van der Waals surface area contributed by atoms with E-state index >= 15 is 0 Å². The quantitative estimate of drug-likeness (QED) is 0.526. The maximum atomic E-state index is 3.26. The van der Waals surface area contributed by atoms with Crippen molar-refractivity contribution in [1.29, 1.82) is 0 Å². The Kier molecular flexibility index (Phi) is 2.59. The van der Waals surface area contributed by atoms with Crippen LogP contribution in [0.15, 0.2) is 42.7 Å². The Morgan fingerprint density at radius 3 is 2.93 bits per heavy atom. The smallest absolute Gasteiger partial charge is 0.220 e. The van der Waals surface area contributed by atoms with Gasteiger partial charge in [0.05, 0.1) is 10.9 Å². The van der Waals surface area contributed by atoms with Gasteiger partial charge in [0.1, 0.15) is 0 Å². The third-order valence-corrected chi connectivity index (χ3v) is 2.37. The van der Waals surface area contributed by atoms with Crippen LogP contribution in [0.2, 0.25) is 0 Å². The summed E-state index contributed by atoms with van der Waals surface area (Å²) in [4.78, 5) is 6.45. The van der Waals surface area contributed by atoms with Crippen LogP contribution in [0.4, 0.5) is 0 Å². The zero-order chi connectivity index (χ0) is 8.67. The third-order valence-electron chi connectivity index (χ3n) is 2.37. The van der Waals surface area contributed by atoms with Crippen LogP contribution in [-0.4, -0.2) is 34.5 Å². The molecule has 2 nitrogen and oxygen atoms in total. The van der Waals surface area contributed by atoms with Crippen molar-refractivity contribution in [3.8, 4) is 0 Å². The monoisotopic (exact) mass is 192 g/mol. The van der Waals surface area contributed by atoms with Gasteiger partial charge in [0.15, 0.2) is 6.20 Å². The molecule has 63 valence electrons. The van der Waals surface area contributed by atoms with Crippen LogP contribution >= 0.6 is 0 Å². The van der Waals surface area contributed by atoms with E-state index in [1.165, 1.54) is 21.8 Å². The average molecular weight is 192 g/mol. The first-order valence-electron chi connectivity index (χ1n) is 4.32. The minimum atomic E-state index is 0. The summed E-state index contributed by atoms with van der Waals surface area (Å²) in [6, 6.07) is 10.4. The number of aromatic amines is 2. The Morgan fingerprint density at radius 1 is 1.07 bits per heavy atom. The molecule has 1 radical (unpaired) electrons. The number of H-pyrrole nitrogens is 2. The SMILES string of the molecule is [Na].c1c[nH+]c2c(c1)ccc1[nH]ccc12. The molecule has 2 heterocycles. The Balaban J connectivity index is 0.000000750. The van der Waals surface area contributed by atoms with E-state index in [0.717, 1.165) is 0 Å². The molecular weight excluding hydrogens is 183 g/mol. The van der Waals surface area contributed by atoms with E-state index in [-0.39, 0.29) is 29.6 Å². The summed E-state index contributed by atoms with van der Waals surface area (Å²) in [5.74, 6) is 0. The number of nitrogens with one attached hydrogen (secondary N) is 2. The topological polar surface area (TPSA) is 29.9 Å². The van der Waals surface area contributed by atoms with Gasteiger partial charge in [-0.2, -0.15) is 0 Å². The van der Waals surface area contributed by atoms with Crippen molar-refractivity contribution in [2.24, 2.45) is 0 Å². The fourth-order valence-electron chi connectivity index (χ4n) is 1.73. The van der Waals surface area contributed by atoms with E-state index in [1.54, 1.807) is 0 Å². The number of pyridine rings is 1. The maximum Gasteiger partial charge on any atom is 0.220 e. The van der Waals surface area contributed by atoms with Crippen LogP contribution in [0, 0.1) is 0 Å². The summed E-state index contributed by atoms with van der Waals surface area (Å²) < 4.78 is 0. The summed E-state index contributed by atoms with van der Waals surface area (Å²) >= 11 is 0. The number of benzene rings is 1. The van der Waals surface area contributed by atoms with Crippen LogP contribution in [0.1, 0.15) is 0 Å². The molecule has 14 heavy (non-hydrogen) atoms. The van der Waals surface area contributed by atoms with Crippen molar-refractivity contribution < 1.29 is 4.98 Å². The van der Waals surface area contributed by atoms with Gasteiger partial charge in [0.2, 0.25) is 5.52 Å². The van der Waals surface area contributed by atoms with Crippen molar-refractivity contribution in [3.63, 3.8) is 0 Å². The molecule has 0 amide bonds. The molecule has 3 aromatic rings. The van der Waals surface area contributed by atoms with Gasteiger partial charge in [-0.05, 0) is 24.3 Å². The molecule has 1 aromatic carbocycles. The predicted molar refractivity (Wildman–Crippen MR) is 58.1 cm³/mol. The molecule has 0 unspecified atom stereocenters. The first-order chi connectivity index (χ1) is 6.45. The second kappa shape index (κ2) is 3.73. The van der Waals surface area contributed by atoms with Crippen molar-refractivity contribution in [3.05, 3.63) is 42.7 Å². The maximum absolute atomic E-state index is 3.26. The second-order valence-electron chi connectivity index (χ2n) is 3.14. The molecule has 0 saturated heterocycles. The molecule has 0 aliphatic heterocycles. The Labute approximate surface area is 104 Å². The van der Waals surface area contributed by atoms with Gasteiger partial charge in [-0.15, -0.1) is 0 Å². The molecule has 0 aliphatic rings. The van der Waals surface area contributed by atoms with Gasteiger partial charge in [0.25, 0.3) is 0 Å². The fourth-order valence-corrected chi connectivity index (χ4v) is 1.73. The van der Waals surface area contributed by atoms with E-state index in [9.17, 15) is 0 Å². The summed E-state index contributed by atoms with van der Waals surface area (Å²) in [6.07, 6.45) is 3.92.